The number of carbonyl (C=O) groups excluding carboxylic acids is 2. The minimum Gasteiger partial charge on any atom is -0.465 e. The Kier molecular flexibility index (Phi) is 6.60. The fourth-order valence-electron chi connectivity index (χ4n) is 3.39. The van der Waals surface area contributed by atoms with E-state index in [-0.39, 0.29) is 5.91 Å². The third kappa shape index (κ3) is 5.17. The fourth-order valence-corrected chi connectivity index (χ4v) is 3.39. The summed E-state index contributed by atoms with van der Waals surface area (Å²) in [6.45, 7) is 3.21. The fraction of sp³-hybridized carbons (Fsp3) is 0.364. The van der Waals surface area contributed by atoms with E-state index in [1.807, 2.05) is 24.3 Å². The summed E-state index contributed by atoms with van der Waals surface area (Å²) in [5, 5.41) is 2.80. The first-order valence-corrected chi connectivity index (χ1v) is 9.47. The number of amides is 1. The largest absolute Gasteiger partial charge is 0.465 e. The van der Waals surface area contributed by atoms with Crippen LogP contribution in [0.15, 0.2) is 48.5 Å². The number of nitrogens with zero attached hydrogens (tertiary/aromatic N) is 1. The summed E-state index contributed by atoms with van der Waals surface area (Å²) < 4.78 is 4.77. The highest BCUT2D eigenvalue weighted by atomic mass is 16.5. The zero-order valence-electron chi connectivity index (χ0n) is 15.7. The molecule has 1 fully saturated rings. The Morgan fingerprint density at radius 3 is 2.30 bits per heavy atom. The molecule has 0 radical (unpaired) electrons. The molecule has 0 atom stereocenters. The van der Waals surface area contributed by atoms with Crippen molar-refractivity contribution in [1.29, 1.82) is 0 Å². The number of hydrogen-bond donors (Lipinski definition) is 1. The van der Waals surface area contributed by atoms with Gasteiger partial charge in [-0.15, -0.1) is 0 Å². The van der Waals surface area contributed by atoms with Gasteiger partial charge in [-0.2, -0.15) is 0 Å². The molecule has 2 aromatic carbocycles. The summed E-state index contributed by atoms with van der Waals surface area (Å²) in [6, 6.07) is 14.5. The van der Waals surface area contributed by atoms with Crippen LogP contribution in [-0.4, -0.2) is 37.0 Å². The Bertz CT molecular complexity index is 778. The van der Waals surface area contributed by atoms with Crippen LogP contribution in [0.3, 0.4) is 0 Å². The number of nitrogens with one attached hydrogen (secondary N) is 1. The molecule has 1 heterocycles. The molecule has 0 bridgehead atoms. The van der Waals surface area contributed by atoms with Gasteiger partial charge >= 0.3 is 5.97 Å². The van der Waals surface area contributed by atoms with E-state index in [4.69, 9.17) is 4.74 Å². The highest BCUT2D eigenvalue weighted by Gasteiger charge is 2.15. The topological polar surface area (TPSA) is 58.6 Å². The zero-order chi connectivity index (χ0) is 19.1. The van der Waals surface area contributed by atoms with Gasteiger partial charge in [-0.1, -0.05) is 37.1 Å². The number of para-hydroxylation sites is 1. The monoisotopic (exact) mass is 366 g/mol. The van der Waals surface area contributed by atoms with Crippen LogP contribution in [0.2, 0.25) is 0 Å². The van der Waals surface area contributed by atoms with Crippen LogP contribution in [0.1, 0.15) is 52.0 Å². The number of carbonyl (C=O) groups is 2. The van der Waals surface area contributed by atoms with Crippen molar-refractivity contribution in [2.75, 3.05) is 25.5 Å². The van der Waals surface area contributed by atoms with Gasteiger partial charge in [0, 0.05) is 12.1 Å². The lowest BCUT2D eigenvalue weighted by atomic mass is 10.1. The highest BCUT2D eigenvalue weighted by molar-refractivity contribution is 6.07. The van der Waals surface area contributed by atoms with Crippen molar-refractivity contribution in [2.24, 2.45) is 0 Å². The molecule has 2 aromatic rings. The number of ether oxygens (including phenoxy) is 1. The molecule has 27 heavy (non-hydrogen) atoms. The molecule has 1 amide bonds. The summed E-state index contributed by atoms with van der Waals surface area (Å²) in [4.78, 5) is 26.9. The normalized spacial score (nSPS) is 15.0. The number of rotatable bonds is 5. The van der Waals surface area contributed by atoms with Crippen LogP contribution >= 0.6 is 0 Å². The molecular formula is C22H26N2O3. The Hall–Kier alpha value is -2.66. The minimum absolute atomic E-state index is 0.243. The van der Waals surface area contributed by atoms with Crippen LogP contribution in [0.4, 0.5) is 5.69 Å². The molecule has 0 unspecified atom stereocenters. The van der Waals surface area contributed by atoms with Crippen LogP contribution in [0, 0.1) is 0 Å². The first kappa shape index (κ1) is 19.1. The summed E-state index contributed by atoms with van der Waals surface area (Å²) >= 11 is 0. The Morgan fingerprint density at radius 2 is 1.63 bits per heavy atom. The molecule has 5 heteroatoms. The molecule has 1 aliphatic rings. The maximum absolute atomic E-state index is 12.6. The average molecular weight is 366 g/mol. The van der Waals surface area contributed by atoms with Gasteiger partial charge in [-0.25, -0.2) is 4.79 Å². The van der Waals surface area contributed by atoms with Crippen LogP contribution < -0.4 is 5.32 Å². The second-order valence-electron chi connectivity index (χ2n) is 6.88. The third-order valence-electron chi connectivity index (χ3n) is 4.90. The molecule has 0 aromatic heterocycles. The van der Waals surface area contributed by atoms with E-state index in [2.05, 4.69) is 10.2 Å². The zero-order valence-corrected chi connectivity index (χ0v) is 15.7. The van der Waals surface area contributed by atoms with Gasteiger partial charge in [0.15, 0.2) is 0 Å². The van der Waals surface area contributed by atoms with Crippen molar-refractivity contribution in [1.82, 2.24) is 4.90 Å². The Labute approximate surface area is 160 Å². The number of hydrogen-bond acceptors (Lipinski definition) is 4. The van der Waals surface area contributed by atoms with Gasteiger partial charge in [0.1, 0.15) is 0 Å². The molecule has 0 spiro atoms. The van der Waals surface area contributed by atoms with E-state index in [9.17, 15) is 9.59 Å². The van der Waals surface area contributed by atoms with Crippen molar-refractivity contribution in [3.05, 3.63) is 65.2 Å². The summed E-state index contributed by atoms with van der Waals surface area (Å²) in [6.07, 6.45) is 5.17. The quantitative estimate of drug-likeness (QED) is 0.810. The van der Waals surface area contributed by atoms with Gasteiger partial charge in [0.25, 0.3) is 5.91 Å². The molecule has 142 valence electrons. The minimum atomic E-state index is -0.473. The smallest absolute Gasteiger partial charge is 0.339 e. The number of esters is 1. The van der Waals surface area contributed by atoms with E-state index in [1.54, 1.807) is 24.3 Å². The standard InChI is InChI=1S/C22H26N2O3/c1-27-22(26)19-8-4-5-9-20(19)23-21(25)18-12-10-17(11-13-18)16-24-14-6-2-3-7-15-24/h4-5,8-13H,2-3,6-7,14-16H2,1H3,(H,23,25). The van der Waals surface area contributed by atoms with Gasteiger partial charge in [-0.05, 0) is 55.8 Å². The Balaban J connectivity index is 1.65. The number of benzene rings is 2. The highest BCUT2D eigenvalue weighted by Crippen LogP contribution is 2.18. The van der Waals surface area contributed by atoms with Crippen molar-refractivity contribution >= 4 is 17.6 Å². The van der Waals surface area contributed by atoms with E-state index in [0.717, 1.165) is 19.6 Å². The van der Waals surface area contributed by atoms with Gasteiger partial charge in [0.2, 0.25) is 0 Å². The maximum atomic E-state index is 12.6. The molecular weight excluding hydrogens is 340 g/mol. The average Bonchev–Trinajstić information content (AvgIpc) is 2.97. The number of methoxy groups -OCH3 is 1. The molecule has 1 aliphatic heterocycles. The third-order valence-corrected chi connectivity index (χ3v) is 4.90. The molecule has 1 saturated heterocycles. The lowest BCUT2D eigenvalue weighted by Gasteiger charge is -2.19. The molecule has 5 nitrogen and oxygen atoms in total. The van der Waals surface area contributed by atoms with Crippen LogP contribution in [-0.2, 0) is 11.3 Å². The van der Waals surface area contributed by atoms with Crippen LogP contribution in [0.5, 0.6) is 0 Å². The predicted octanol–water partition coefficient (Wildman–Crippen LogP) is 4.10. The summed E-state index contributed by atoms with van der Waals surface area (Å²) in [7, 11) is 1.32. The van der Waals surface area contributed by atoms with Crippen LogP contribution in [0.25, 0.3) is 0 Å². The second kappa shape index (κ2) is 9.33. The molecule has 3 rings (SSSR count). The number of likely N-dealkylation sites (tertiary alicyclic amines) is 1. The van der Waals surface area contributed by atoms with Gasteiger partial charge < -0.3 is 10.1 Å². The SMILES string of the molecule is COC(=O)c1ccccc1NC(=O)c1ccc(CN2CCCCCC2)cc1. The van der Waals surface area contributed by atoms with Crippen molar-refractivity contribution in [3.8, 4) is 0 Å². The van der Waals surface area contributed by atoms with Crippen molar-refractivity contribution < 1.29 is 14.3 Å². The second-order valence-corrected chi connectivity index (χ2v) is 6.88. The first-order valence-electron chi connectivity index (χ1n) is 9.47. The lowest BCUT2D eigenvalue weighted by Crippen LogP contribution is -2.24. The van der Waals surface area contributed by atoms with E-state index in [1.165, 1.54) is 38.4 Å². The Morgan fingerprint density at radius 1 is 0.963 bits per heavy atom. The van der Waals surface area contributed by atoms with Crippen molar-refractivity contribution in [2.45, 2.75) is 32.2 Å². The van der Waals surface area contributed by atoms with Gasteiger partial charge in [-0.3, -0.25) is 9.69 Å². The van der Waals surface area contributed by atoms with Crippen molar-refractivity contribution in [3.63, 3.8) is 0 Å². The molecule has 1 N–H and O–H groups in total. The summed E-state index contributed by atoms with van der Waals surface area (Å²) in [5.74, 6) is -0.716. The van der Waals surface area contributed by atoms with E-state index >= 15 is 0 Å². The first-order chi connectivity index (χ1) is 13.2. The summed E-state index contributed by atoms with van der Waals surface area (Å²) in [5.41, 5.74) is 2.56. The van der Waals surface area contributed by atoms with E-state index < -0.39 is 5.97 Å². The predicted molar refractivity (Wildman–Crippen MR) is 106 cm³/mol. The maximum Gasteiger partial charge on any atom is 0.339 e. The molecule has 0 saturated carbocycles. The number of anilines is 1. The molecule has 0 aliphatic carbocycles. The van der Waals surface area contributed by atoms with E-state index in [0.29, 0.717) is 16.8 Å². The van der Waals surface area contributed by atoms with Gasteiger partial charge in [0.05, 0.1) is 18.4 Å². The lowest BCUT2D eigenvalue weighted by molar-refractivity contribution is 0.0602.